The summed E-state index contributed by atoms with van der Waals surface area (Å²) in [5.74, 6) is 1.51. The molecule has 3 unspecified atom stereocenters. The van der Waals surface area contributed by atoms with Crippen molar-refractivity contribution in [2.75, 3.05) is 32.8 Å². The SMILES string of the molecule is CCN1CCCC(CC2NCC(C)CO2)C1. The van der Waals surface area contributed by atoms with E-state index in [9.17, 15) is 0 Å². The molecule has 16 heavy (non-hydrogen) atoms. The molecule has 2 fully saturated rings. The minimum absolute atomic E-state index is 0.318. The van der Waals surface area contributed by atoms with Crippen molar-refractivity contribution in [3.05, 3.63) is 0 Å². The number of hydrogen-bond donors (Lipinski definition) is 1. The zero-order chi connectivity index (χ0) is 11.4. The smallest absolute Gasteiger partial charge is 0.108 e. The Hall–Kier alpha value is -0.120. The summed E-state index contributed by atoms with van der Waals surface area (Å²) in [6, 6.07) is 0. The minimum atomic E-state index is 0.318. The van der Waals surface area contributed by atoms with Crippen LogP contribution in [0.15, 0.2) is 0 Å². The third kappa shape index (κ3) is 3.44. The minimum Gasteiger partial charge on any atom is -0.363 e. The maximum absolute atomic E-state index is 5.83. The molecular formula is C13H26N2O. The van der Waals surface area contributed by atoms with Crippen LogP contribution in [-0.4, -0.2) is 43.9 Å². The zero-order valence-electron chi connectivity index (χ0n) is 10.7. The predicted octanol–water partition coefficient (Wildman–Crippen LogP) is 1.69. The van der Waals surface area contributed by atoms with Gasteiger partial charge in [-0.2, -0.15) is 0 Å². The highest BCUT2D eigenvalue weighted by atomic mass is 16.5. The normalized spacial score (nSPS) is 37.5. The van der Waals surface area contributed by atoms with Gasteiger partial charge in [0, 0.05) is 13.1 Å². The summed E-state index contributed by atoms with van der Waals surface area (Å²) in [5, 5.41) is 3.51. The van der Waals surface area contributed by atoms with E-state index < -0.39 is 0 Å². The van der Waals surface area contributed by atoms with Crippen LogP contribution in [0.2, 0.25) is 0 Å². The molecular weight excluding hydrogens is 200 g/mol. The molecule has 0 amide bonds. The van der Waals surface area contributed by atoms with E-state index in [1.807, 2.05) is 0 Å². The van der Waals surface area contributed by atoms with Gasteiger partial charge in [0.25, 0.3) is 0 Å². The van der Waals surface area contributed by atoms with Crippen molar-refractivity contribution in [2.24, 2.45) is 11.8 Å². The van der Waals surface area contributed by atoms with Gasteiger partial charge in [0.15, 0.2) is 0 Å². The summed E-state index contributed by atoms with van der Waals surface area (Å²) in [5.41, 5.74) is 0. The number of nitrogens with one attached hydrogen (secondary N) is 1. The van der Waals surface area contributed by atoms with E-state index >= 15 is 0 Å². The van der Waals surface area contributed by atoms with Gasteiger partial charge in [-0.1, -0.05) is 13.8 Å². The van der Waals surface area contributed by atoms with E-state index in [0.29, 0.717) is 12.1 Å². The topological polar surface area (TPSA) is 24.5 Å². The van der Waals surface area contributed by atoms with Gasteiger partial charge in [-0.3, -0.25) is 5.32 Å². The quantitative estimate of drug-likeness (QED) is 0.792. The molecule has 3 atom stereocenters. The average molecular weight is 226 g/mol. The summed E-state index contributed by atoms with van der Waals surface area (Å²) < 4.78 is 5.83. The number of likely N-dealkylation sites (tertiary alicyclic amines) is 1. The first-order valence-electron chi connectivity index (χ1n) is 6.85. The molecule has 0 saturated carbocycles. The maximum Gasteiger partial charge on any atom is 0.108 e. The van der Waals surface area contributed by atoms with Gasteiger partial charge in [0.1, 0.15) is 6.23 Å². The lowest BCUT2D eigenvalue weighted by Gasteiger charge is -2.36. The van der Waals surface area contributed by atoms with Crippen molar-refractivity contribution < 1.29 is 4.74 Å². The third-order valence-corrected chi connectivity index (χ3v) is 3.87. The van der Waals surface area contributed by atoms with E-state index in [4.69, 9.17) is 4.74 Å². The number of ether oxygens (including phenoxy) is 1. The van der Waals surface area contributed by atoms with Gasteiger partial charge >= 0.3 is 0 Å². The summed E-state index contributed by atoms with van der Waals surface area (Å²) >= 11 is 0. The molecule has 2 saturated heterocycles. The van der Waals surface area contributed by atoms with Crippen molar-refractivity contribution in [3.63, 3.8) is 0 Å². The molecule has 0 aromatic rings. The zero-order valence-corrected chi connectivity index (χ0v) is 10.7. The van der Waals surface area contributed by atoms with E-state index in [1.165, 1.54) is 38.9 Å². The van der Waals surface area contributed by atoms with Crippen LogP contribution < -0.4 is 5.32 Å². The third-order valence-electron chi connectivity index (χ3n) is 3.87. The fourth-order valence-corrected chi connectivity index (χ4v) is 2.82. The molecule has 1 N–H and O–H groups in total. The molecule has 0 aromatic carbocycles. The van der Waals surface area contributed by atoms with Crippen LogP contribution in [0.3, 0.4) is 0 Å². The van der Waals surface area contributed by atoms with Gasteiger partial charge in [-0.05, 0) is 44.2 Å². The number of rotatable bonds is 3. The van der Waals surface area contributed by atoms with E-state index in [2.05, 4.69) is 24.1 Å². The Kier molecular flexibility index (Phi) is 4.62. The lowest BCUT2D eigenvalue weighted by atomic mass is 9.93. The van der Waals surface area contributed by atoms with Crippen LogP contribution in [-0.2, 0) is 4.74 Å². The predicted molar refractivity (Wildman–Crippen MR) is 66.4 cm³/mol. The van der Waals surface area contributed by atoms with Crippen LogP contribution in [0.4, 0.5) is 0 Å². The highest BCUT2D eigenvalue weighted by Gasteiger charge is 2.25. The van der Waals surface area contributed by atoms with Crippen LogP contribution in [0.25, 0.3) is 0 Å². The molecule has 0 aliphatic carbocycles. The molecule has 2 aliphatic rings. The maximum atomic E-state index is 5.83. The number of piperidine rings is 1. The van der Waals surface area contributed by atoms with Crippen molar-refractivity contribution in [1.82, 2.24) is 10.2 Å². The Balaban J connectivity index is 1.72. The van der Waals surface area contributed by atoms with Crippen LogP contribution >= 0.6 is 0 Å². The van der Waals surface area contributed by atoms with Crippen LogP contribution in [0.5, 0.6) is 0 Å². The molecule has 0 bridgehead atoms. The molecule has 94 valence electrons. The lowest BCUT2D eigenvalue weighted by molar-refractivity contribution is -0.0411. The monoisotopic (exact) mass is 226 g/mol. The highest BCUT2D eigenvalue weighted by molar-refractivity contribution is 4.76. The second-order valence-electron chi connectivity index (χ2n) is 5.47. The van der Waals surface area contributed by atoms with Gasteiger partial charge < -0.3 is 9.64 Å². The van der Waals surface area contributed by atoms with Crippen molar-refractivity contribution >= 4 is 0 Å². The highest BCUT2D eigenvalue weighted by Crippen LogP contribution is 2.22. The second kappa shape index (κ2) is 5.99. The van der Waals surface area contributed by atoms with Crippen LogP contribution in [0, 0.1) is 11.8 Å². The fraction of sp³-hybridized carbons (Fsp3) is 1.00. The van der Waals surface area contributed by atoms with Crippen molar-refractivity contribution in [2.45, 2.75) is 39.3 Å². The Labute approximate surface area is 99.5 Å². The molecule has 0 spiro atoms. The number of hydrogen-bond acceptors (Lipinski definition) is 3. The summed E-state index contributed by atoms with van der Waals surface area (Å²) in [7, 11) is 0. The van der Waals surface area contributed by atoms with Gasteiger partial charge in [0.05, 0.1) is 6.61 Å². The first kappa shape index (κ1) is 12.3. The van der Waals surface area contributed by atoms with Crippen molar-refractivity contribution in [3.8, 4) is 0 Å². The van der Waals surface area contributed by atoms with E-state index in [1.54, 1.807) is 0 Å². The molecule has 0 radical (unpaired) electrons. The summed E-state index contributed by atoms with van der Waals surface area (Å²) in [6.45, 7) is 10.3. The Morgan fingerprint density at radius 1 is 1.44 bits per heavy atom. The molecule has 3 heteroatoms. The van der Waals surface area contributed by atoms with Gasteiger partial charge in [0.2, 0.25) is 0 Å². The second-order valence-corrected chi connectivity index (χ2v) is 5.47. The first-order valence-corrected chi connectivity index (χ1v) is 6.85. The fourth-order valence-electron chi connectivity index (χ4n) is 2.82. The van der Waals surface area contributed by atoms with E-state index in [0.717, 1.165) is 19.1 Å². The van der Waals surface area contributed by atoms with Crippen LogP contribution in [0.1, 0.15) is 33.1 Å². The Morgan fingerprint density at radius 2 is 2.31 bits per heavy atom. The summed E-state index contributed by atoms with van der Waals surface area (Å²) in [6.07, 6.45) is 4.26. The first-order chi connectivity index (χ1) is 7.78. The van der Waals surface area contributed by atoms with Gasteiger partial charge in [-0.25, -0.2) is 0 Å². The lowest BCUT2D eigenvalue weighted by Crippen LogP contribution is -2.45. The average Bonchev–Trinajstić information content (AvgIpc) is 2.32. The molecule has 2 rings (SSSR count). The molecule has 0 aromatic heterocycles. The standard InChI is InChI=1S/C13H26N2O/c1-3-15-6-4-5-12(9-15)7-13-14-8-11(2)10-16-13/h11-14H,3-10H2,1-2H3. The number of nitrogens with zero attached hydrogens (tertiary/aromatic N) is 1. The Bertz CT molecular complexity index is 202. The van der Waals surface area contributed by atoms with Gasteiger partial charge in [-0.15, -0.1) is 0 Å². The largest absolute Gasteiger partial charge is 0.363 e. The Morgan fingerprint density at radius 3 is 3.00 bits per heavy atom. The molecule has 2 heterocycles. The van der Waals surface area contributed by atoms with E-state index in [-0.39, 0.29) is 0 Å². The van der Waals surface area contributed by atoms with Crippen molar-refractivity contribution in [1.29, 1.82) is 0 Å². The molecule has 3 nitrogen and oxygen atoms in total. The molecule has 2 aliphatic heterocycles. The summed E-state index contributed by atoms with van der Waals surface area (Å²) in [4.78, 5) is 2.57.